The van der Waals surface area contributed by atoms with E-state index in [-0.39, 0.29) is 12.3 Å². The summed E-state index contributed by atoms with van der Waals surface area (Å²) in [7, 11) is 0. The maximum absolute atomic E-state index is 5.62. The predicted octanol–water partition coefficient (Wildman–Crippen LogP) is 3.11. The molecule has 0 amide bonds. The summed E-state index contributed by atoms with van der Waals surface area (Å²) in [5.74, 6) is 0. The fourth-order valence-electron chi connectivity index (χ4n) is 2.34. The predicted molar refractivity (Wildman–Crippen MR) is 85.1 cm³/mol. The molecule has 2 aromatic rings. The molecule has 1 atom stereocenters. The van der Waals surface area contributed by atoms with Gasteiger partial charge in [0.25, 0.3) is 0 Å². The van der Waals surface area contributed by atoms with Gasteiger partial charge in [-0.15, -0.1) is 0 Å². The quantitative estimate of drug-likeness (QED) is 0.758. The highest BCUT2D eigenvalue weighted by atomic mass is 16.7. The van der Waals surface area contributed by atoms with Gasteiger partial charge in [0.1, 0.15) is 0 Å². The molecule has 1 heterocycles. The minimum atomic E-state index is -0.220. The SMILES string of the molecule is CCOC(OCC)[C@H](C)NCc1cccc2cccnc12. The molecule has 2 rings (SSSR count). The number of hydrogen-bond acceptors (Lipinski definition) is 4. The van der Waals surface area contributed by atoms with Crippen LogP contribution in [0.5, 0.6) is 0 Å². The van der Waals surface area contributed by atoms with E-state index in [1.807, 2.05) is 26.1 Å². The van der Waals surface area contributed by atoms with Crippen LogP contribution in [-0.2, 0) is 16.0 Å². The second-order valence-electron chi connectivity index (χ2n) is 4.94. The van der Waals surface area contributed by atoms with Gasteiger partial charge in [0, 0.05) is 31.3 Å². The lowest BCUT2D eigenvalue weighted by Crippen LogP contribution is -2.40. The van der Waals surface area contributed by atoms with Crippen LogP contribution < -0.4 is 5.32 Å². The third-order valence-electron chi connectivity index (χ3n) is 3.40. The largest absolute Gasteiger partial charge is 0.351 e. The fourth-order valence-corrected chi connectivity index (χ4v) is 2.34. The number of aromatic nitrogens is 1. The molecule has 1 aromatic carbocycles. The third-order valence-corrected chi connectivity index (χ3v) is 3.40. The maximum Gasteiger partial charge on any atom is 0.172 e. The molecular formula is C17H24N2O2. The third kappa shape index (κ3) is 4.24. The van der Waals surface area contributed by atoms with Crippen LogP contribution in [0.4, 0.5) is 0 Å². The molecule has 114 valence electrons. The second kappa shape index (κ2) is 8.08. The lowest BCUT2D eigenvalue weighted by Gasteiger charge is -2.24. The van der Waals surface area contributed by atoms with E-state index in [1.165, 1.54) is 5.56 Å². The van der Waals surface area contributed by atoms with Gasteiger partial charge in [-0.1, -0.05) is 24.3 Å². The summed E-state index contributed by atoms with van der Waals surface area (Å²) in [4.78, 5) is 4.47. The summed E-state index contributed by atoms with van der Waals surface area (Å²) in [5.41, 5.74) is 2.23. The highest BCUT2D eigenvalue weighted by molar-refractivity contribution is 5.81. The van der Waals surface area contributed by atoms with Gasteiger partial charge in [0.15, 0.2) is 6.29 Å². The Morgan fingerprint density at radius 1 is 1.10 bits per heavy atom. The molecule has 0 unspecified atom stereocenters. The summed E-state index contributed by atoms with van der Waals surface area (Å²) in [6.07, 6.45) is 1.61. The molecule has 0 aliphatic carbocycles. The van der Waals surface area contributed by atoms with Crippen LogP contribution in [0.2, 0.25) is 0 Å². The Kier molecular flexibility index (Phi) is 6.11. The minimum Gasteiger partial charge on any atom is -0.351 e. The molecule has 0 spiro atoms. The Morgan fingerprint density at radius 2 is 1.81 bits per heavy atom. The zero-order chi connectivity index (χ0) is 15.1. The zero-order valence-corrected chi connectivity index (χ0v) is 13.0. The van der Waals surface area contributed by atoms with E-state index in [9.17, 15) is 0 Å². The molecule has 1 N–H and O–H groups in total. The molecule has 4 heteroatoms. The Labute approximate surface area is 126 Å². The van der Waals surface area contributed by atoms with Gasteiger partial charge in [-0.3, -0.25) is 4.98 Å². The molecule has 0 saturated carbocycles. The first-order valence-corrected chi connectivity index (χ1v) is 7.55. The first-order valence-electron chi connectivity index (χ1n) is 7.55. The number of para-hydroxylation sites is 1. The Hall–Kier alpha value is -1.49. The van der Waals surface area contributed by atoms with Gasteiger partial charge in [0.05, 0.1) is 11.6 Å². The second-order valence-corrected chi connectivity index (χ2v) is 4.94. The summed E-state index contributed by atoms with van der Waals surface area (Å²) >= 11 is 0. The standard InChI is InChI=1S/C17H24N2O2/c1-4-20-17(21-5-2)13(3)19-12-15-9-6-8-14-10-7-11-18-16(14)15/h6-11,13,17,19H,4-5,12H2,1-3H3/t13-/m0/s1. The molecular weight excluding hydrogens is 264 g/mol. The number of nitrogens with zero attached hydrogens (tertiary/aromatic N) is 1. The van der Waals surface area contributed by atoms with Crippen LogP contribution in [0.3, 0.4) is 0 Å². The van der Waals surface area contributed by atoms with Crippen molar-refractivity contribution >= 4 is 10.9 Å². The first kappa shape index (κ1) is 15.9. The van der Waals surface area contributed by atoms with Crippen molar-refractivity contribution in [3.8, 4) is 0 Å². The molecule has 1 aromatic heterocycles. The van der Waals surface area contributed by atoms with Crippen LogP contribution in [0.25, 0.3) is 10.9 Å². The van der Waals surface area contributed by atoms with Gasteiger partial charge in [-0.2, -0.15) is 0 Å². The molecule has 4 nitrogen and oxygen atoms in total. The minimum absolute atomic E-state index is 0.115. The first-order chi connectivity index (χ1) is 10.3. The van der Waals surface area contributed by atoms with Crippen molar-refractivity contribution in [3.63, 3.8) is 0 Å². The number of nitrogens with one attached hydrogen (secondary N) is 1. The highest BCUT2D eigenvalue weighted by Crippen LogP contribution is 2.16. The number of ether oxygens (including phenoxy) is 2. The van der Waals surface area contributed by atoms with Crippen molar-refractivity contribution in [2.24, 2.45) is 0 Å². The summed E-state index contributed by atoms with van der Waals surface area (Å²) in [6.45, 7) is 8.07. The topological polar surface area (TPSA) is 43.4 Å². The number of pyridine rings is 1. The van der Waals surface area contributed by atoms with Crippen molar-refractivity contribution in [1.82, 2.24) is 10.3 Å². The van der Waals surface area contributed by atoms with E-state index in [0.29, 0.717) is 13.2 Å². The number of hydrogen-bond donors (Lipinski definition) is 1. The van der Waals surface area contributed by atoms with E-state index >= 15 is 0 Å². The van der Waals surface area contributed by atoms with Crippen LogP contribution in [0.1, 0.15) is 26.3 Å². The Bertz CT molecular complexity index is 548. The average molecular weight is 288 g/mol. The lowest BCUT2D eigenvalue weighted by atomic mass is 10.1. The average Bonchev–Trinajstić information content (AvgIpc) is 2.52. The van der Waals surface area contributed by atoms with E-state index in [1.54, 1.807) is 0 Å². The fraction of sp³-hybridized carbons (Fsp3) is 0.471. The number of fused-ring (bicyclic) bond motifs is 1. The molecule has 0 fully saturated rings. The van der Waals surface area contributed by atoms with Crippen molar-refractivity contribution < 1.29 is 9.47 Å². The van der Waals surface area contributed by atoms with Crippen molar-refractivity contribution in [1.29, 1.82) is 0 Å². The molecule has 0 saturated heterocycles. The monoisotopic (exact) mass is 288 g/mol. The van der Waals surface area contributed by atoms with E-state index in [2.05, 4.69) is 41.5 Å². The summed E-state index contributed by atoms with van der Waals surface area (Å²) in [6, 6.07) is 10.4. The zero-order valence-electron chi connectivity index (χ0n) is 13.0. The van der Waals surface area contributed by atoms with E-state index in [0.717, 1.165) is 17.4 Å². The van der Waals surface area contributed by atoms with Crippen molar-refractivity contribution in [2.75, 3.05) is 13.2 Å². The van der Waals surface area contributed by atoms with Gasteiger partial charge in [0.2, 0.25) is 0 Å². The Morgan fingerprint density at radius 3 is 2.52 bits per heavy atom. The highest BCUT2D eigenvalue weighted by Gasteiger charge is 2.17. The molecule has 0 aliphatic heterocycles. The van der Waals surface area contributed by atoms with E-state index < -0.39 is 0 Å². The lowest BCUT2D eigenvalue weighted by molar-refractivity contribution is -0.151. The van der Waals surface area contributed by atoms with Crippen molar-refractivity contribution in [2.45, 2.75) is 39.6 Å². The van der Waals surface area contributed by atoms with Crippen LogP contribution in [-0.4, -0.2) is 30.5 Å². The molecule has 0 radical (unpaired) electrons. The molecule has 0 bridgehead atoms. The molecule has 0 aliphatic rings. The smallest absolute Gasteiger partial charge is 0.172 e. The van der Waals surface area contributed by atoms with Gasteiger partial charge >= 0.3 is 0 Å². The summed E-state index contributed by atoms with van der Waals surface area (Å²) in [5, 5.41) is 4.63. The van der Waals surface area contributed by atoms with Crippen LogP contribution >= 0.6 is 0 Å². The summed E-state index contributed by atoms with van der Waals surface area (Å²) < 4.78 is 11.2. The van der Waals surface area contributed by atoms with Gasteiger partial charge in [-0.05, 0) is 32.4 Å². The Balaban J connectivity index is 2.03. The number of rotatable bonds is 8. The van der Waals surface area contributed by atoms with Gasteiger partial charge < -0.3 is 14.8 Å². The van der Waals surface area contributed by atoms with Crippen LogP contribution in [0.15, 0.2) is 36.5 Å². The van der Waals surface area contributed by atoms with Gasteiger partial charge in [-0.25, -0.2) is 0 Å². The van der Waals surface area contributed by atoms with E-state index in [4.69, 9.17) is 9.47 Å². The normalized spacial score (nSPS) is 13.0. The number of benzene rings is 1. The maximum atomic E-state index is 5.62. The molecule has 21 heavy (non-hydrogen) atoms. The van der Waals surface area contributed by atoms with Crippen LogP contribution in [0, 0.1) is 0 Å². The van der Waals surface area contributed by atoms with Crippen molar-refractivity contribution in [3.05, 3.63) is 42.1 Å².